The van der Waals surface area contributed by atoms with E-state index in [0.717, 1.165) is 18.8 Å². The van der Waals surface area contributed by atoms with Crippen LogP contribution in [-0.4, -0.2) is 22.6 Å². The van der Waals surface area contributed by atoms with Crippen molar-refractivity contribution >= 4 is 28.9 Å². The van der Waals surface area contributed by atoms with Crippen molar-refractivity contribution in [2.45, 2.75) is 26.2 Å². The third kappa shape index (κ3) is 4.31. The Morgan fingerprint density at radius 1 is 1.20 bits per heavy atom. The molecular weight excluding hydrogens is 272 g/mol. The number of rotatable bonds is 7. The Bertz CT molecular complexity index is 525. The van der Waals surface area contributed by atoms with Crippen LogP contribution in [0.4, 0.5) is 11.6 Å². The van der Waals surface area contributed by atoms with Gasteiger partial charge in [-0.25, -0.2) is 0 Å². The lowest BCUT2D eigenvalue weighted by Gasteiger charge is -2.05. The van der Waals surface area contributed by atoms with Crippen molar-refractivity contribution in [2.24, 2.45) is 0 Å². The van der Waals surface area contributed by atoms with Gasteiger partial charge in [0.2, 0.25) is 0 Å². The molecule has 2 rings (SSSR count). The van der Waals surface area contributed by atoms with E-state index in [2.05, 4.69) is 27.8 Å². The van der Waals surface area contributed by atoms with Gasteiger partial charge in [-0.1, -0.05) is 25.8 Å². The SMILES string of the molecule is CCCCCNc1ccc(NC(=O)c2cccs2)nn1. The lowest BCUT2D eigenvalue weighted by molar-refractivity contribution is 0.103. The summed E-state index contributed by atoms with van der Waals surface area (Å²) in [4.78, 5) is 12.5. The van der Waals surface area contributed by atoms with Crippen LogP contribution in [0.5, 0.6) is 0 Å². The zero-order valence-electron chi connectivity index (χ0n) is 11.4. The predicted octanol–water partition coefficient (Wildman–Crippen LogP) is 3.39. The van der Waals surface area contributed by atoms with Crippen molar-refractivity contribution in [1.29, 1.82) is 0 Å². The van der Waals surface area contributed by atoms with Gasteiger partial charge in [0.1, 0.15) is 5.82 Å². The van der Waals surface area contributed by atoms with Crippen LogP contribution >= 0.6 is 11.3 Å². The second-order valence-electron chi connectivity index (χ2n) is 4.37. The van der Waals surface area contributed by atoms with Crippen molar-refractivity contribution in [3.63, 3.8) is 0 Å². The number of carbonyl (C=O) groups excluding carboxylic acids is 1. The summed E-state index contributed by atoms with van der Waals surface area (Å²) in [6, 6.07) is 7.19. The molecule has 106 valence electrons. The first kappa shape index (κ1) is 14.5. The molecule has 5 nitrogen and oxygen atoms in total. The highest BCUT2D eigenvalue weighted by Gasteiger charge is 2.07. The molecule has 0 unspecified atom stereocenters. The van der Waals surface area contributed by atoms with E-state index in [1.54, 1.807) is 12.1 Å². The van der Waals surface area contributed by atoms with E-state index in [-0.39, 0.29) is 5.91 Å². The lowest BCUT2D eigenvalue weighted by atomic mass is 10.2. The molecule has 0 aromatic carbocycles. The number of carbonyl (C=O) groups is 1. The second kappa shape index (κ2) is 7.59. The topological polar surface area (TPSA) is 66.9 Å². The van der Waals surface area contributed by atoms with Crippen LogP contribution in [0.25, 0.3) is 0 Å². The average Bonchev–Trinajstić information content (AvgIpc) is 3.00. The lowest BCUT2D eigenvalue weighted by Crippen LogP contribution is -2.12. The molecule has 0 spiro atoms. The number of hydrogen-bond acceptors (Lipinski definition) is 5. The number of thiophene rings is 1. The molecule has 0 aliphatic heterocycles. The van der Waals surface area contributed by atoms with Crippen LogP contribution in [0.3, 0.4) is 0 Å². The van der Waals surface area contributed by atoms with Crippen LogP contribution in [-0.2, 0) is 0 Å². The molecular formula is C14H18N4OS. The summed E-state index contributed by atoms with van der Waals surface area (Å²) < 4.78 is 0. The van der Waals surface area contributed by atoms with Gasteiger partial charge in [-0.2, -0.15) is 0 Å². The van der Waals surface area contributed by atoms with E-state index in [9.17, 15) is 4.79 Å². The molecule has 0 saturated carbocycles. The zero-order valence-corrected chi connectivity index (χ0v) is 12.2. The van der Waals surface area contributed by atoms with Gasteiger partial charge in [-0.05, 0) is 30.0 Å². The van der Waals surface area contributed by atoms with E-state index in [1.165, 1.54) is 24.2 Å². The number of nitrogens with one attached hydrogen (secondary N) is 2. The molecule has 0 radical (unpaired) electrons. The van der Waals surface area contributed by atoms with Crippen molar-refractivity contribution in [2.75, 3.05) is 17.2 Å². The summed E-state index contributed by atoms with van der Waals surface area (Å²) in [5, 5.41) is 15.8. The molecule has 2 N–H and O–H groups in total. The number of nitrogens with zero attached hydrogens (tertiary/aromatic N) is 2. The maximum Gasteiger partial charge on any atom is 0.266 e. The van der Waals surface area contributed by atoms with Crippen molar-refractivity contribution in [1.82, 2.24) is 10.2 Å². The van der Waals surface area contributed by atoms with Gasteiger partial charge < -0.3 is 10.6 Å². The van der Waals surface area contributed by atoms with E-state index in [4.69, 9.17) is 0 Å². The summed E-state index contributed by atoms with van der Waals surface area (Å²) >= 11 is 1.40. The van der Waals surface area contributed by atoms with Gasteiger partial charge >= 0.3 is 0 Å². The van der Waals surface area contributed by atoms with E-state index < -0.39 is 0 Å². The number of anilines is 2. The maximum absolute atomic E-state index is 11.8. The molecule has 6 heteroatoms. The largest absolute Gasteiger partial charge is 0.369 e. The van der Waals surface area contributed by atoms with Crippen LogP contribution in [0.15, 0.2) is 29.6 Å². The molecule has 2 heterocycles. The molecule has 2 aromatic heterocycles. The van der Waals surface area contributed by atoms with Gasteiger partial charge in [0, 0.05) is 6.54 Å². The highest BCUT2D eigenvalue weighted by atomic mass is 32.1. The highest BCUT2D eigenvalue weighted by Crippen LogP contribution is 2.12. The fraction of sp³-hybridized carbons (Fsp3) is 0.357. The highest BCUT2D eigenvalue weighted by molar-refractivity contribution is 7.12. The smallest absolute Gasteiger partial charge is 0.266 e. The average molecular weight is 290 g/mol. The third-order valence-corrected chi connectivity index (χ3v) is 3.61. The summed E-state index contributed by atoms with van der Waals surface area (Å²) in [6.07, 6.45) is 3.52. The van der Waals surface area contributed by atoms with Gasteiger partial charge in [0.25, 0.3) is 5.91 Å². The zero-order chi connectivity index (χ0) is 14.2. The minimum atomic E-state index is -0.155. The molecule has 0 saturated heterocycles. The molecule has 0 atom stereocenters. The Morgan fingerprint density at radius 3 is 2.65 bits per heavy atom. The van der Waals surface area contributed by atoms with E-state index in [1.807, 2.05) is 17.5 Å². The van der Waals surface area contributed by atoms with Crippen LogP contribution in [0, 0.1) is 0 Å². The number of unbranched alkanes of at least 4 members (excludes halogenated alkanes) is 2. The Labute approximate surface area is 122 Å². The fourth-order valence-electron chi connectivity index (χ4n) is 1.67. The van der Waals surface area contributed by atoms with Crippen LogP contribution in [0.1, 0.15) is 35.9 Å². The van der Waals surface area contributed by atoms with Crippen molar-refractivity contribution < 1.29 is 4.79 Å². The Morgan fingerprint density at radius 2 is 2.00 bits per heavy atom. The summed E-state index contributed by atoms with van der Waals surface area (Å²) in [6.45, 7) is 3.06. The van der Waals surface area contributed by atoms with Gasteiger partial charge in [0.15, 0.2) is 5.82 Å². The predicted molar refractivity (Wildman–Crippen MR) is 82.3 cm³/mol. The number of hydrogen-bond donors (Lipinski definition) is 2. The first-order valence-electron chi connectivity index (χ1n) is 6.72. The monoisotopic (exact) mass is 290 g/mol. The Hall–Kier alpha value is -1.95. The van der Waals surface area contributed by atoms with Crippen molar-refractivity contribution in [3.8, 4) is 0 Å². The van der Waals surface area contributed by atoms with Gasteiger partial charge in [-0.3, -0.25) is 4.79 Å². The fourth-order valence-corrected chi connectivity index (χ4v) is 2.29. The van der Waals surface area contributed by atoms with Gasteiger partial charge in [0.05, 0.1) is 4.88 Å². The second-order valence-corrected chi connectivity index (χ2v) is 5.32. The molecule has 2 aromatic rings. The summed E-state index contributed by atoms with van der Waals surface area (Å²) in [7, 11) is 0. The third-order valence-electron chi connectivity index (χ3n) is 2.74. The maximum atomic E-state index is 11.8. The Kier molecular flexibility index (Phi) is 5.49. The molecule has 0 fully saturated rings. The molecule has 0 aliphatic rings. The molecule has 0 bridgehead atoms. The normalized spacial score (nSPS) is 10.2. The molecule has 20 heavy (non-hydrogen) atoms. The minimum Gasteiger partial charge on any atom is -0.369 e. The van der Waals surface area contributed by atoms with E-state index in [0.29, 0.717) is 10.7 Å². The molecule has 0 aliphatic carbocycles. The van der Waals surface area contributed by atoms with Crippen LogP contribution in [0.2, 0.25) is 0 Å². The Balaban J connectivity index is 1.83. The summed E-state index contributed by atoms with van der Waals surface area (Å²) in [5.74, 6) is 1.04. The quantitative estimate of drug-likeness (QED) is 0.767. The first-order chi connectivity index (χ1) is 9.79. The van der Waals surface area contributed by atoms with Gasteiger partial charge in [-0.15, -0.1) is 21.5 Å². The van der Waals surface area contributed by atoms with E-state index >= 15 is 0 Å². The minimum absolute atomic E-state index is 0.155. The summed E-state index contributed by atoms with van der Waals surface area (Å²) in [5.41, 5.74) is 0. The first-order valence-corrected chi connectivity index (χ1v) is 7.60. The number of aromatic nitrogens is 2. The number of amides is 1. The van der Waals surface area contributed by atoms with Crippen molar-refractivity contribution in [3.05, 3.63) is 34.5 Å². The molecule has 1 amide bonds. The van der Waals surface area contributed by atoms with Crippen LogP contribution < -0.4 is 10.6 Å². The standard InChI is InChI=1S/C14H18N4OS/c1-2-3-4-9-15-12-7-8-13(18-17-12)16-14(19)11-6-5-10-20-11/h5-8,10H,2-4,9H2,1H3,(H,15,17)(H,16,18,19).